The van der Waals surface area contributed by atoms with Crippen LogP contribution in [0.4, 0.5) is 0 Å². The van der Waals surface area contributed by atoms with Crippen molar-refractivity contribution in [3.63, 3.8) is 0 Å². The summed E-state index contributed by atoms with van der Waals surface area (Å²) in [6.45, 7) is 3.12. The van der Waals surface area contributed by atoms with E-state index in [1.807, 2.05) is 0 Å². The summed E-state index contributed by atoms with van der Waals surface area (Å²) in [4.78, 5) is 22.4. The average Bonchev–Trinajstić information content (AvgIpc) is 3.17. The summed E-state index contributed by atoms with van der Waals surface area (Å²) < 4.78 is 5.22. The number of piperidine rings is 3. The Bertz CT molecular complexity index is 832. The maximum atomic E-state index is 13.4. The van der Waals surface area contributed by atoms with Crippen LogP contribution in [0, 0.1) is 5.92 Å². The van der Waals surface area contributed by atoms with Gasteiger partial charge in [0.15, 0.2) is 0 Å². The van der Waals surface area contributed by atoms with Crippen LogP contribution in [0.25, 0.3) is 0 Å². The van der Waals surface area contributed by atoms with Gasteiger partial charge in [-0.05, 0) is 43.5 Å². The van der Waals surface area contributed by atoms with Crippen LogP contribution in [0.5, 0.6) is 5.88 Å². The van der Waals surface area contributed by atoms with E-state index in [0.29, 0.717) is 35.4 Å². The minimum Gasteiger partial charge on any atom is -0.481 e. The second-order valence-electron chi connectivity index (χ2n) is 7.92. The van der Waals surface area contributed by atoms with Crippen molar-refractivity contribution in [2.45, 2.75) is 30.8 Å². The van der Waals surface area contributed by atoms with Gasteiger partial charge in [0.05, 0.1) is 13.2 Å². The Morgan fingerprint density at radius 1 is 1.11 bits per heavy atom. The fourth-order valence-electron chi connectivity index (χ4n) is 5.47. The Hall–Kier alpha value is -2.40. The largest absolute Gasteiger partial charge is 0.481 e. The van der Waals surface area contributed by atoms with Crippen LogP contribution in [-0.4, -0.2) is 59.5 Å². The molecule has 5 heterocycles. The van der Waals surface area contributed by atoms with Gasteiger partial charge in [0, 0.05) is 36.3 Å². The van der Waals surface area contributed by atoms with Gasteiger partial charge in [0.1, 0.15) is 0 Å². The van der Waals surface area contributed by atoms with Gasteiger partial charge in [-0.15, -0.1) is 0 Å². The summed E-state index contributed by atoms with van der Waals surface area (Å²) in [7, 11) is 1.58. The molecular weight excluding hydrogens is 338 g/mol. The number of benzene rings is 1. The van der Waals surface area contributed by atoms with E-state index in [4.69, 9.17) is 4.74 Å². The monoisotopic (exact) mass is 363 g/mol. The molecule has 2 bridgehead atoms. The van der Waals surface area contributed by atoms with Crippen LogP contribution >= 0.6 is 0 Å². The highest BCUT2D eigenvalue weighted by atomic mass is 16.5. The molecule has 0 unspecified atom stereocenters. The Morgan fingerprint density at radius 2 is 1.89 bits per heavy atom. The Labute approximate surface area is 159 Å². The zero-order valence-corrected chi connectivity index (χ0v) is 15.6. The fraction of sp³-hybridized carbons (Fsp3) is 0.455. The number of carbonyl (C=O) groups is 1. The summed E-state index contributed by atoms with van der Waals surface area (Å²) in [5, 5.41) is 0. The van der Waals surface area contributed by atoms with Gasteiger partial charge < -0.3 is 9.64 Å². The third kappa shape index (κ3) is 2.72. The number of aromatic nitrogens is 1. The van der Waals surface area contributed by atoms with Crippen molar-refractivity contribution < 1.29 is 9.53 Å². The molecule has 27 heavy (non-hydrogen) atoms. The summed E-state index contributed by atoms with van der Waals surface area (Å²) >= 11 is 0. The molecule has 4 saturated heterocycles. The lowest BCUT2D eigenvalue weighted by Crippen LogP contribution is -2.60. The standard InChI is InChI=1S/C22H25N3O2/c1-27-19-13-17(7-10-23-19)22(26)25-14-18(15-5-3-2-4-6-15)21-20(25)16-8-11-24(21)12-9-16/h2-7,10,13,16,18,20-21H,8-9,11-12,14H2,1H3/t18-,20+,21+/m0/s1. The number of likely N-dealkylation sites (tertiary alicyclic amines) is 1. The van der Waals surface area contributed by atoms with Crippen LogP contribution in [0.15, 0.2) is 48.7 Å². The molecule has 1 aromatic heterocycles. The smallest absolute Gasteiger partial charge is 0.254 e. The van der Waals surface area contributed by atoms with E-state index in [-0.39, 0.29) is 5.91 Å². The van der Waals surface area contributed by atoms with Crippen LogP contribution in [0.1, 0.15) is 34.7 Å². The third-order valence-electron chi connectivity index (χ3n) is 6.67. The first kappa shape index (κ1) is 16.8. The SMILES string of the molecule is COc1cc(C(=O)N2C[C@@H](c3ccccc3)[C@@H]3[C@H]2C2CCN3CC2)ccn1. The summed E-state index contributed by atoms with van der Waals surface area (Å²) in [5.41, 5.74) is 2.02. The van der Waals surface area contributed by atoms with E-state index < -0.39 is 0 Å². The number of hydrogen-bond acceptors (Lipinski definition) is 4. The van der Waals surface area contributed by atoms with Crippen molar-refractivity contribution in [3.05, 3.63) is 59.8 Å². The number of pyridine rings is 1. The average molecular weight is 363 g/mol. The highest BCUT2D eigenvalue weighted by Crippen LogP contribution is 2.46. The summed E-state index contributed by atoms with van der Waals surface area (Å²) in [6.07, 6.45) is 4.06. The van der Waals surface area contributed by atoms with Gasteiger partial charge in [-0.25, -0.2) is 4.98 Å². The molecule has 4 fully saturated rings. The minimum atomic E-state index is 0.109. The zero-order chi connectivity index (χ0) is 18.4. The van der Waals surface area contributed by atoms with E-state index in [1.54, 1.807) is 25.4 Å². The number of hydrogen-bond donors (Lipinski definition) is 0. The quantitative estimate of drug-likeness (QED) is 0.841. The topological polar surface area (TPSA) is 45.7 Å². The number of carbonyl (C=O) groups excluding carboxylic acids is 1. The van der Waals surface area contributed by atoms with Crippen molar-refractivity contribution in [3.8, 4) is 5.88 Å². The van der Waals surface area contributed by atoms with Crippen molar-refractivity contribution in [1.29, 1.82) is 0 Å². The first-order valence-electron chi connectivity index (χ1n) is 9.86. The molecule has 1 amide bonds. The molecule has 5 heteroatoms. The van der Waals surface area contributed by atoms with Crippen molar-refractivity contribution in [1.82, 2.24) is 14.8 Å². The molecule has 0 radical (unpaired) electrons. The number of fused-ring (bicyclic) bond motifs is 2. The Kier molecular flexibility index (Phi) is 4.12. The molecule has 0 saturated carbocycles. The van der Waals surface area contributed by atoms with E-state index in [0.717, 1.165) is 6.54 Å². The van der Waals surface area contributed by atoms with Crippen molar-refractivity contribution >= 4 is 5.91 Å². The van der Waals surface area contributed by atoms with Crippen molar-refractivity contribution in [2.24, 2.45) is 5.92 Å². The van der Waals surface area contributed by atoms with Crippen LogP contribution in [-0.2, 0) is 0 Å². The van der Waals surface area contributed by atoms with Gasteiger partial charge in [-0.1, -0.05) is 30.3 Å². The number of rotatable bonds is 3. The maximum absolute atomic E-state index is 13.4. The molecule has 0 aliphatic carbocycles. The molecule has 6 rings (SSSR count). The fourth-order valence-corrected chi connectivity index (χ4v) is 5.47. The highest BCUT2D eigenvalue weighted by Gasteiger charge is 2.54. The lowest BCUT2D eigenvalue weighted by atomic mass is 9.75. The first-order chi connectivity index (χ1) is 13.3. The molecule has 5 nitrogen and oxygen atoms in total. The predicted octanol–water partition coefficient (Wildman–Crippen LogP) is 2.79. The molecular formula is C22H25N3O2. The molecule has 1 aromatic carbocycles. The second kappa shape index (κ2) is 6.64. The summed E-state index contributed by atoms with van der Waals surface area (Å²) in [5.74, 6) is 1.59. The Morgan fingerprint density at radius 3 is 2.63 bits per heavy atom. The predicted molar refractivity (Wildman–Crippen MR) is 103 cm³/mol. The van der Waals surface area contributed by atoms with Crippen molar-refractivity contribution in [2.75, 3.05) is 26.7 Å². The van der Waals surface area contributed by atoms with E-state index in [9.17, 15) is 4.79 Å². The van der Waals surface area contributed by atoms with Gasteiger partial charge in [-0.2, -0.15) is 0 Å². The normalized spacial score (nSPS) is 31.6. The molecule has 4 aliphatic rings. The van der Waals surface area contributed by atoms with E-state index >= 15 is 0 Å². The molecule has 4 aliphatic heterocycles. The zero-order valence-electron chi connectivity index (χ0n) is 15.6. The molecule has 0 spiro atoms. The van der Waals surface area contributed by atoms with Crippen LogP contribution < -0.4 is 4.74 Å². The number of amides is 1. The minimum absolute atomic E-state index is 0.109. The summed E-state index contributed by atoms with van der Waals surface area (Å²) in [6, 6.07) is 15.0. The van der Waals surface area contributed by atoms with Crippen LogP contribution in [0.2, 0.25) is 0 Å². The molecule has 3 atom stereocenters. The van der Waals surface area contributed by atoms with Crippen LogP contribution in [0.3, 0.4) is 0 Å². The van der Waals surface area contributed by atoms with Gasteiger partial charge in [0.25, 0.3) is 5.91 Å². The first-order valence-corrected chi connectivity index (χ1v) is 9.86. The molecule has 0 N–H and O–H groups in total. The second-order valence-corrected chi connectivity index (χ2v) is 7.92. The lowest BCUT2D eigenvalue weighted by Gasteiger charge is -2.51. The highest BCUT2D eigenvalue weighted by molar-refractivity contribution is 5.95. The lowest BCUT2D eigenvalue weighted by molar-refractivity contribution is -0.00341. The maximum Gasteiger partial charge on any atom is 0.254 e. The van der Waals surface area contributed by atoms with Gasteiger partial charge in [-0.3, -0.25) is 9.69 Å². The van der Waals surface area contributed by atoms with Gasteiger partial charge >= 0.3 is 0 Å². The number of methoxy groups -OCH3 is 1. The Balaban J connectivity index is 1.51. The third-order valence-corrected chi connectivity index (χ3v) is 6.67. The van der Waals surface area contributed by atoms with E-state index in [1.165, 1.54) is 31.5 Å². The molecule has 140 valence electrons. The van der Waals surface area contributed by atoms with Gasteiger partial charge in [0.2, 0.25) is 5.88 Å². The molecule has 2 aromatic rings. The van der Waals surface area contributed by atoms with E-state index in [2.05, 4.69) is 45.1 Å². The number of ether oxygens (including phenoxy) is 1. The number of nitrogens with zero attached hydrogens (tertiary/aromatic N) is 3.